The average molecular weight is 295 g/mol. The van der Waals surface area contributed by atoms with E-state index in [1.54, 1.807) is 19.2 Å². The predicted molar refractivity (Wildman–Crippen MR) is 74.9 cm³/mol. The summed E-state index contributed by atoms with van der Waals surface area (Å²) in [5.41, 5.74) is 1.66. The molecule has 0 aromatic heterocycles. The monoisotopic (exact) mass is 295 g/mol. The highest BCUT2D eigenvalue weighted by Gasteiger charge is 2.23. The summed E-state index contributed by atoms with van der Waals surface area (Å²) in [6.45, 7) is 1.90. The largest absolute Gasteiger partial charge is 0.496 e. The second-order valence-corrected chi connectivity index (χ2v) is 4.73. The summed E-state index contributed by atoms with van der Waals surface area (Å²) in [5.74, 6) is -3.32. The van der Waals surface area contributed by atoms with Gasteiger partial charge in [-0.1, -0.05) is 18.2 Å². The summed E-state index contributed by atoms with van der Waals surface area (Å²) in [6, 6.07) is 6.93. The second kappa shape index (κ2) is 6.18. The van der Waals surface area contributed by atoms with Crippen molar-refractivity contribution in [1.82, 2.24) is 5.32 Å². The van der Waals surface area contributed by atoms with Crippen LogP contribution in [-0.4, -0.2) is 14.2 Å². The Kier molecular flexibility index (Phi) is 4.53. The summed E-state index contributed by atoms with van der Waals surface area (Å²) in [5, 5.41) is 2.91. The zero-order valence-corrected chi connectivity index (χ0v) is 12.0. The van der Waals surface area contributed by atoms with Crippen molar-refractivity contribution in [2.75, 3.05) is 14.2 Å². The maximum atomic E-state index is 14.0. The van der Waals surface area contributed by atoms with Gasteiger partial charge in [0.25, 0.3) is 0 Å². The second-order valence-electron chi connectivity index (χ2n) is 4.73. The standard InChI is InChI=1S/C16H16F3NO/c1-9-4-5-10(13(8-9)21-3)16(20-2)11-6-7-12(17)15(19)14(11)18/h4-8,16,20H,1-3H3. The molecule has 2 aromatic rings. The van der Waals surface area contributed by atoms with Crippen LogP contribution in [0, 0.1) is 24.4 Å². The topological polar surface area (TPSA) is 21.3 Å². The molecular weight excluding hydrogens is 279 g/mol. The van der Waals surface area contributed by atoms with Crippen molar-refractivity contribution in [2.45, 2.75) is 13.0 Å². The van der Waals surface area contributed by atoms with Crippen LogP contribution in [0.15, 0.2) is 30.3 Å². The highest BCUT2D eigenvalue weighted by molar-refractivity contribution is 5.44. The first kappa shape index (κ1) is 15.4. The summed E-state index contributed by atoms with van der Waals surface area (Å²) >= 11 is 0. The summed E-state index contributed by atoms with van der Waals surface area (Å²) in [7, 11) is 3.12. The third-order valence-corrected chi connectivity index (χ3v) is 3.36. The molecule has 0 radical (unpaired) electrons. The summed E-state index contributed by atoms with van der Waals surface area (Å²) in [4.78, 5) is 0. The molecule has 112 valence electrons. The Morgan fingerprint density at radius 2 is 1.67 bits per heavy atom. The molecule has 0 heterocycles. The highest BCUT2D eigenvalue weighted by Crippen LogP contribution is 2.32. The first-order valence-corrected chi connectivity index (χ1v) is 6.44. The molecule has 0 aliphatic rings. The van der Waals surface area contributed by atoms with Crippen LogP contribution in [0.2, 0.25) is 0 Å². The molecule has 0 spiro atoms. The number of aryl methyl sites for hydroxylation is 1. The van der Waals surface area contributed by atoms with E-state index in [0.717, 1.165) is 11.6 Å². The average Bonchev–Trinajstić information content (AvgIpc) is 2.48. The summed E-state index contributed by atoms with van der Waals surface area (Å²) < 4.78 is 45.8. The smallest absolute Gasteiger partial charge is 0.194 e. The number of rotatable bonds is 4. The third-order valence-electron chi connectivity index (χ3n) is 3.36. The lowest BCUT2D eigenvalue weighted by Gasteiger charge is -2.21. The maximum Gasteiger partial charge on any atom is 0.194 e. The van der Waals surface area contributed by atoms with Crippen molar-refractivity contribution < 1.29 is 17.9 Å². The molecule has 1 atom stereocenters. The van der Waals surface area contributed by atoms with E-state index in [1.807, 2.05) is 13.0 Å². The van der Waals surface area contributed by atoms with Gasteiger partial charge in [0.2, 0.25) is 0 Å². The molecule has 0 bridgehead atoms. The molecule has 0 aliphatic heterocycles. The van der Waals surface area contributed by atoms with Crippen molar-refractivity contribution in [2.24, 2.45) is 0 Å². The van der Waals surface area contributed by atoms with E-state index in [2.05, 4.69) is 5.32 Å². The van der Waals surface area contributed by atoms with Crippen LogP contribution in [-0.2, 0) is 0 Å². The Morgan fingerprint density at radius 3 is 2.29 bits per heavy atom. The normalized spacial score (nSPS) is 12.3. The number of ether oxygens (including phenoxy) is 1. The van der Waals surface area contributed by atoms with Gasteiger partial charge in [0.15, 0.2) is 17.5 Å². The molecule has 0 saturated carbocycles. The zero-order valence-electron chi connectivity index (χ0n) is 12.0. The molecule has 0 saturated heterocycles. The SMILES string of the molecule is CNC(c1ccc(C)cc1OC)c1ccc(F)c(F)c1F. The first-order valence-electron chi connectivity index (χ1n) is 6.44. The van der Waals surface area contributed by atoms with Crippen LogP contribution in [0.3, 0.4) is 0 Å². The van der Waals surface area contributed by atoms with E-state index in [0.29, 0.717) is 11.3 Å². The fourth-order valence-electron chi connectivity index (χ4n) is 2.30. The van der Waals surface area contributed by atoms with Gasteiger partial charge in [0.05, 0.1) is 13.2 Å². The Labute approximate surface area is 121 Å². The van der Waals surface area contributed by atoms with E-state index in [-0.39, 0.29) is 5.56 Å². The lowest BCUT2D eigenvalue weighted by atomic mass is 9.96. The minimum absolute atomic E-state index is 0.0264. The van der Waals surface area contributed by atoms with Crippen LogP contribution < -0.4 is 10.1 Å². The van der Waals surface area contributed by atoms with Crippen molar-refractivity contribution in [3.8, 4) is 5.75 Å². The third kappa shape index (κ3) is 2.88. The van der Waals surface area contributed by atoms with Crippen molar-refractivity contribution in [3.63, 3.8) is 0 Å². The molecule has 21 heavy (non-hydrogen) atoms. The van der Waals surface area contributed by atoms with E-state index >= 15 is 0 Å². The minimum Gasteiger partial charge on any atom is -0.496 e. The van der Waals surface area contributed by atoms with Crippen LogP contribution in [0.1, 0.15) is 22.7 Å². The number of benzene rings is 2. The number of methoxy groups -OCH3 is 1. The van der Waals surface area contributed by atoms with Gasteiger partial charge >= 0.3 is 0 Å². The highest BCUT2D eigenvalue weighted by atomic mass is 19.2. The van der Waals surface area contributed by atoms with Crippen molar-refractivity contribution >= 4 is 0 Å². The van der Waals surface area contributed by atoms with Crippen molar-refractivity contribution in [3.05, 3.63) is 64.5 Å². The fraction of sp³-hybridized carbons (Fsp3) is 0.250. The molecule has 1 unspecified atom stereocenters. The Bertz CT molecular complexity index is 658. The van der Waals surface area contributed by atoms with Crippen LogP contribution in [0.25, 0.3) is 0 Å². The van der Waals surface area contributed by atoms with E-state index in [4.69, 9.17) is 4.74 Å². The first-order chi connectivity index (χ1) is 9.99. The lowest BCUT2D eigenvalue weighted by Crippen LogP contribution is -2.20. The number of hydrogen-bond donors (Lipinski definition) is 1. The maximum absolute atomic E-state index is 14.0. The number of halogens is 3. The minimum atomic E-state index is -1.47. The zero-order chi connectivity index (χ0) is 15.6. The van der Waals surface area contributed by atoms with E-state index < -0.39 is 23.5 Å². The molecule has 1 N–H and O–H groups in total. The van der Waals surface area contributed by atoms with Gasteiger partial charge in [0.1, 0.15) is 5.75 Å². The lowest BCUT2D eigenvalue weighted by molar-refractivity contribution is 0.401. The van der Waals surface area contributed by atoms with Crippen LogP contribution >= 0.6 is 0 Å². The van der Waals surface area contributed by atoms with Gasteiger partial charge in [-0.05, 0) is 31.7 Å². The Hall–Kier alpha value is -2.01. The van der Waals surface area contributed by atoms with Gasteiger partial charge < -0.3 is 10.1 Å². The predicted octanol–water partition coefficient (Wildman–Crippen LogP) is 3.73. The molecule has 2 aromatic carbocycles. The molecular formula is C16H16F3NO. The molecule has 0 amide bonds. The van der Waals surface area contributed by atoms with Gasteiger partial charge in [-0.2, -0.15) is 0 Å². The van der Waals surface area contributed by atoms with Gasteiger partial charge in [0, 0.05) is 11.1 Å². The van der Waals surface area contributed by atoms with Gasteiger partial charge in [-0.3, -0.25) is 0 Å². The molecule has 2 rings (SSSR count). The molecule has 5 heteroatoms. The van der Waals surface area contributed by atoms with E-state index in [9.17, 15) is 13.2 Å². The quantitative estimate of drug-likeness (QED) is 0.868. The van der Waals surface area contributed by atoms with Crippen LogP contribution in [0.4, 0.5) is 13.2 Å². The van der Waals surface area contributed by atoms with Gasteiger partial charge in [-0.25, -0.2) is 13.2 Å². The number of nitrogens with one attached hydrogen (secondary N) is 1. The Balaban J connectivity index is 2.57. The van der Waals surface area contributed by atoms with Crippen molar-refractivity contribution in [1.29, 1.82) is 0 Å². The molecule has 0 aliphatic carbocycles. The summed E-state index contributed by atoms with van der Waals surface area (Å²) in [6.07, 6.45) is 0. The fourth-order valence-corrected chi connectivity index (χ4v) is 2.30. The van der Waals surface area contributed by atoms with E-state index in [1.165, 1.54) is 13.2 Å². The van der Waals surface area contributed by atoms with Crippen LogP contribution in [0.5, 0.6) is 5.75 Å². The van der Waals surface area contributed by atoms with Gasteiger partial charge in [-0.15, -0.1) is 0 Å². The molecule has 0 fully saturated rings. The number of hydrogen-bond acceptors (Lipinski definition) is 2. The molecule has 2 nitrogen and oxygen atoms in total. The Morgan fingerprint density at radius 1 is 1.00 bits per heavy atom.